The van der Waals surface area contributed by atoms with Crippen LogP contribution in [-0.4, -0.2) is 44.6 Å². The molecular formula is C22H25ClN4O2S. The first-order valence-electron chi connectivity index (χ1n) is 9.58. The number of Topliss-reactive ketones (excluding diaryl/α,β-unsaturated/α-hetero) is 1. The van der Waals surface area contributed by atoms with Crippen LogP contribution in [0.5, 0.6) is 0 Å². The normalized spacial score (nSPS) is 11.1. The van der Waals surface area contributed by atoms with Crippen molar-refractivity contribution in [3.8, 4) is 11.4 Å². The van der Waals surface area contributed by atoms with Crippen LogP contribution in [0.4, 0.5) is 0 Å². The fourth-order valence-corrected chi connectivity index (χ4v) is 4.27. The lowest BCUT2D eigenvalue weighted by atomic mass is 10.2. The van der Waals surface area contributed by atoms with Crippen molar-refractivity contribution in [1.29, 1.82) is 0 Å². The minimum Gasteiger partial charge on any atom is -0.383 e. The molecule has 0 spiro atoms. The highest BCUT2D eigenvalue weighted by Gasteiger charge is 2.19. The molecule has 2 aromatic heterocycles. The van der Waals surface area contributed by atoms with Crippen LogP contribution in [0.25, 0.3) is 11.4 Å². The topological polar surface area (TPSA) is 61.9 Å². The zero-order valence-electron chi connectivity index (χ0n) is 17.4. The van der Waals surface area contributed by atoms with Gasteiger partial charge >= 0.3 is 0 Å². The van der Waals surface area contributed by atoms with E-state index in [2.05, 4.69) is 21.3 Å². The maximum atomic E-state index is 12.9. The van der Waals surface area contributed by atoms with Crippen molar-refractivity contribution in [2.75, 3.05) is 19.5 Å². The molecule has 0 amide bonds. The van der Waals surface area contributed by atoms with Gasteiger partial charge in [0.1, 0.15) is 0 Å². The molecule has 0 aliphatic carbocycles. The maximum absolute atomic E-state index is 12.9. The number of ether oxygens (including phenoxy) is 1. The Hall–Kier alpha value is -2.35. The van der Waals surface area contributed by atoms with Crippen LogP contribution in [0.1, 0.15) is 21.7 Å². The summed E-state index contributed by atoms with van der Waals surface area (Å²) in [5.41, 5.74) is 3.66. The van der Waals surface area contributed by atoms with Gasteiger partial charge in [-0.2, -0.15) is 0 Å². The van der Waals surface area contributed by atoms with Gasteiger partial charge in [-0.1, -0.05) is 29.4 Å². The van der Waals surface area contributed by atoms with Crippen molar-refractivity contribution in [2.24, 2.45) is 0 Å². The van der Waals surface area contributed by atoms with Gasteiger partial charge in [-0.3, -0.25) is 9.36 Å². The van der Waals surface area contributed by atoms with Crippen LogP contribution in [0.3, 0.4) is 0 Å². The molecule has 2 heterocycles. The summed E-state index contributed by atoms with van der Waals surface area (Å²) in [4.78, 5) is 12.9. The van der Waals surface area contributed by atoms with Crippen LogP contribution in [0.15, 0.2) is 48.1 Å². The fraction of sp³-hybridized carbons (Fsp3) is 0.318. The number of hydrogen-bond acceptors (Lipinski definition) is 5. The molecule has 0 N–H and O–H groups in total. The van der Waals surface area contributed by atoms with Gasteiger partial charge in [0.15, 0.2) is 16.8 Å². The van der Waals surface area contributed by atoms with Crippen LogP contribution < -0.4 is 0 Å². The maximum Gasteiger partial charge on any atom is 0.192 e. The quantitative estimate of drug-likeness (QED) is 0.255. The van der Waals surface area contributed by atoms with E-state index in [0.29, 0.717) is 29.9 Å². The molecule has 0 radical (unpaired) electrons. The van der Waals surface area contributed by atoms with Crippen molar-refractivity contribution in [3.05, 3.63) is 65.0 Å². The summed E-state index contributed by atoms with van der Waals surface area (Å²) in [7, 11) is 1.65. The van der Waals surface area contributed by atoms with Crippen LogP contribution in [0, 0.1) is 13.8 Å². The smallest absolute Gasteiger partial charge is 0.192 e. The van der Waals surface area contributed by atoms with Gasteiger partial charge in [0.25, 0.3) is 0 Å². The Morgan fingerprint density at radius 3 is 2.63 bits per heavy atom. The molecule has 8 heteroatoms. The zero-order valence-corrected chi connectivity index (χ0v) is 19.0. The number of aromatic nitrogens is 4. The summed E-state index contributed by atoms with van der Waals surface area (Å²) < 4.78 is 9.31. The lowest BCUT2D eigenvalue weighted by molar-refractivity contribution is 0.102. The lowest BCUT2D eigenvalue weighted by Gasteiger charge is -2.10. The van der Waals surface area contributed by atoms with Crippen molar-refractivity contribution in [3.63, 3.8) is 0 Å². The SMILES string of the molecule is C=CCn1c(C)cc(C(=O)CSc2nnc(-c3ccc(Cl)cc3)n2CCOC)c1C. The highest BCUT2D eigenvalue weighted by atomic mass is 35.5. The summed E-state index contributed by atoms with van der Waals surface area (Å²) in [5.74, 6) is 1.07. The average Bonchev–Trinajstić information content (AvgIpc) is 3.27. The fourth-order valence-electron chi connectivity index (χ4n) is 3.29. The molecule has 0 atom stereocenters. The third-order valence-electron chi connectivity index (χ3n) is 4.86. The largest absolute Gasteiger partial charge is 0.383 e. The van der Waals surface area contributed by atoms with E-state index >= 15 is 0 Å². The number of rotatable bonds is 10. The molecule has 0 aliphatic rings. The number of ketones is 1. The average molecular weight is 445 g/mol. The monoisotopic (exact) mass is 444 g/mol. The van der Waals surface area contributed by atoms with E-state index in [0.717, 1.165) is 28.3 Å². The van der Waals surface area contributed by atoms with Gasteiger partial charge in [-0.25, -0.2) is 0 Å². The molecule has 3 aromatic rings. The molecule has 0 aliphatic heterocycles. The highest BCUT2D eigenvalue weighted by molar-refractivity contribution is 7.99. The van der Waals surface area contributed by atoms with Crippen molar-refractivity contribution in [1.82, 2.24) is 19.3 Å². The molecule has 0 saturated heterocycles. The Bertz CT molecular complexity index is 1040. The first kappa shape index (κ1) is 22.3. The summed E-state index contributed by atoms with van der Waals surface area (Å²) >= 11 is 7.39. The van der Waals surface area contributed by atoms with Crippen LogP contribution in [0.2, 0.25) is 5.02 Å². The van der Waals surface area contributed by atoms with E-state index in [-0.39, 0.29) is 11.5 Å². The molecular weight excluding hydrogens is 420 g/mol. The van der Waals surface area contributed by atoms with E-state index in [1.54, 1.807) is 7.11 Å². The summed E-state index contributed by atoms with van der Waals surface area (Å²) in [6, 6.07) is 9.40. The first-order chi connectivity index (χ1) is 14.5. The van der Waals surface area contributed by atoms with Gasteiger partial charge in [-0.15, -0.1) is 16.8 Å². The Kier molecular flexibility index (Phi) is 7.53. The molecule has 158 valence electrons. The molecule has 30 heavy (non-hydrogen) atoms. The Balaban J connectivity index is 1.81. The molecule has 1 aromatic carbocycles. The third kappa shape index (κ3) is 4.86. The van der Waals surface area contributed by atoms with Crippen molar-refractivity contribution < 1.29 is 9.53 Å². The summed E-state index contributed by atoms with van der Waals surface area (Å²) in [6.07, 6.45) is 1.83. The second kappa shape index (κ2) is 10.1. The van der Waals surface area contributed by atoms with E-state index in [1.807, 2.05) is 54.8 Å². The second-order valence-electron chi connectivity index (χ2n) is 6.85. The van der Waals surface area contributed by atoms with E-state index in [1.165, 1.54) is 11.8 Å². The number of thioether (sulfide) groups is 1. The highest BCUT2D eigenvalue weighted by Crippen LogP contribution is 2.26. The predicted molar refractivity (Wildman–Crippen MR) is 122 cm³/mol. The molecule has 6 nitrogen and oxygen atoms in total. The number of aryl methyl sites for hydroxylation is 1. The third-order valence-corrected chi connectivity index (χ3v) is 6.08. The zero-order chi connectivity index (χ0) is 21.7. The standard InChI is InChI=1S/C22H25ClN4O2S/c1-5-10-26-15(2)13-19(16(26)3)20(28)14-30-22-25-24-21(27(22)11-12-29-4)17-6-8-18(23)9-7-17/h5-9,13H,1,10-12,14H2,2-4H3. The van der Waals surface area contributed by atoms with E-state index in [9.17, 15) is 4.79 Å². The molecule has 3 rings (SSSR count). The molecule has 0 fully saturated rings. The number of nitrogens with zero attached hydrogens (tertiary/aromatic N) is 4. The Labute approximate surface area is 185 Å². The van der Waals surface area contributed by atoms with E-state index in [4.69, 9.17) is 16.3 Å². The first-order valence-corrected chi connectivity index (χ1v) is 10.9. The predicted octanol–water partition coefficient (Wildman–Crippen LogP) is 4.82. The number of benzene rings is 1. The molecule has 0 unspecified atom stereocenters. The van der Waals surface area contributed by atoms with Gasteiger partial charge in [-0.05, 0) is 44.2 Å². The van der Waals surface area contributed by atoms with Gasteiger partial charge in [0.05, 0.1) is 18.9 Å². The van der Waals surface area contributed by atoms with Crippen molar-refractivity contribution in [2.45, 2.75) is 32.1 Å². The minimum absolute atomic E-state index is 0.0674. The van der Waals surface area contributed by atoms with Crippen LogP contribution >= 0.6 is 23.4 Å². The number of hydrogen-bond donors (Lipinski definition) is 0. The van der Waals surface area contributed by atoms with E-state index < -0.39 is 0 Å². The number of allylic oxidation sites excluding steroid dienone is 1. The number of carbonyl (C=O) groups is 1. The van der Waals surface area contributed by atoms with Gasteiger partial charge < -0.3 is 9.30 Å². The van der Waals surface area contributed by atoms with Crippen LogP contribution in [-0.2, 0) is 17.8 Å². The lowest BCUT2D eigenvalue weighted by Crippen LogP contribution is -2.10. The minimum atomic E-state index is 0.0674. The van der Waals surface area contributed by atoms with Gasteiger partial charge in [0.2, 0.25) is 0 Å². The number of methoxy groups -OCH3 is 1. The summed E-state index contributed by atoms with van der Waals surface area (Å²) in [6.45, 7) is 9.55. The number of carbonyl (C=O) groups excluding carboxylic acids is 1. The second-order valence-corrected chi connectivity index (χ2v) is 8.23. The Morgan fingerprint density at radius 2 is 1.97 bits per heavy atom. The molecule has 0 saturated carbocycles. The van der Waals surface area contributed by atoms with Crippen molar-refractivity contribution >= 4 is 29.1 Å². The van der Waals surface area contributed by atoms with Gasteiger partial charge in [0, 0.05) is 41.2 Å². The Morgan fingerprint density at radius 1 is 1.23 bits per heavy atom. The number of halogens is 1. The summed E-state index contributed by atoms with van der Waals surface area (Å²) in [5, 5.41) is 10.0. The molecule has 0 bridgehead atoms.